The van der Waals surface area contributed by atoms with E-state index in [4.69, 9.17) is 9.84 Å². The van der Waals surface area contributed by atoms with Crippen molar-refractivity contribution in [2.75, 3.05) is 7.11 Å². The van der Waals surface area contributed by atoms with Gasteiger partial charge in [-0.15, -0.1) is 5.10 Å². The Labute approximate surface area is 99.6 Å². The molecular formula is C11H17N3O3. The fourth-order valence-electron chi connectivity index (χ4n) is 2.30. The lowest BCUT2D eigenvalue weighted by atomic mass is 9.93. The van der Waals surface area contributed by atoms with Gasteiger partial charge in [-0.05, 0) is 25.7 Å². The Morgan fingerprint density at radius 1 is 1.65 bits per heavy atom. The molecule has 2 atom stereocenters. The summed E-state index contributed by atoms with van der Waals surface area (Å²) in [6, 6.07) is 0.281. The van der Waals surface area contributed by atoms with Gasteiger partial charge in [0, 0.05) is 13.3 Å². The number of carboxylic acid groups (broad SMARTS) is 1. The average molecular weight is 239 g/mol. The molecule has 1 aromatic heterocycles. The Morgan fingerprint density at radius 3 is 3.18 bits per heavy atom. The van der Waals surface area contributed by atoms with Gasteiger partial charge in [0.1, 0.15) is 0 Å². The molecule has 2 rings (SSSR count). The van der Waals surface area contributed by atoms with E-state index in [1.807, 2.05) is 0 Å². The summed E-state index contributed by atoms with van der Waals surface area (Å²) in [5.74, 6) is -0.879. The molecule has 1 N–H and O–H groups in total. The second kappa shape index (κ2) is 5.27. The number of rotatable bonds is 4. The van der Waals surface area contributed by atoms with Crippen LogP contribution >= 0.6 is 0 Å². The summed E-state index contributed by atoms with van der Waals surface area (Å²) in [5, 5.41) is 16.6. The molecule has 0 radical (unpaired) electrons. The minimum Gasteiger partial charge on any atom is -0.481 e. The highest BCUT2D eigenvalue weighted by atomic mass is 16.5. The zero-order valence-corrected chi connectivity index (χ0v) is 9.87. The van der Waals surface area contributed by atoms with Crippen molar-refractivity contribution in [3.8, 4) is 0 Å². The summed E-state index contributed by atoms with van der Waals surface area (Å²) in [7, 11) is 1.73. The van der Waals surface area contributed by atoms with Crippen LogP contribution in [-0.2, 0) is 16.0 Å². The molecule has 1 aromatic rings. The first-order valence-corrected chi connectivity index (χ1v) is 5.84. The van der Waals surface area contributed by atoms with Crippen LogP contribution in [0.2, 0.25) is 0 Å². The molecule has 1 fully saturated rings. The van der Waals surface area contributed by atoms with E-state index in [2.05, 4.69) is 10.3 Å². The number of ether oxygens (including phenoxy) is 1. The molecule has 0 aromatic carbocycles. The Kier molecular flexibility index (Phi) is 3.73. The number of nitrogens with zero attached hydrogens (tertiary/aromatic N) is 3. The van der Waals surface area contributed by atoms with E-state index in [-0.39, 0.29) is 18.6 Å². The summed E-state index contributed by atoms with van der Waals surface area (Å²) in [4.78, 5) is 10.6. The first-order valence-electron chi connectivity index (χ1n) is 5.84. The maximum atomic E-state index is 10.6. The molecule has 1 saturated carbocycles. The van der Waals surface area contributed by atoms with Crippen molar-refractivity contribution in [1.29, 1.82) is 0 Å². The van der Waals surface area contributed by atoms with Crippen molar-refractivity contribution >= 4 is 5.97 Å². The minimum absolute atomic E-state index is 0.0690. The van der Waals surface area contributed by atoms with Crippen LogP contribution in [0.25, 0.3) is 0 Å². The van der Waals surface area contributed by atoms with E-state index < -0.39 is 5.97 Å². The third kappa shape index (κ3) is 3.03. The fraction of sp³-hybridized carbons (Fsp3) is 0.727. The second-order valence-corrected chi connectivity index (χ2v) is 4.44. The number of carboxylic acids is 1. The van der Waals surface area contributed by atoms with Gasteiger partial charge < -0.3 is 9.84 Å². The zero-order chi connectivity index (χ0) is 12.3. The van der Waals surface area contributed by atoms with Gasteiger partial charge in [0.15, 0.2) is 0 Å². The van der Waals surface area contributed by atoms with Crippen molar-refractivity contribution in [3.63, 3.8) is 0 Å². The van der Waals surface area contributed by atoms with Crippen LogP contribution in [0.3, 0.4) is 0 Å². The number of aliphatic carboxylic acids is 1. The van der Waals surface area contributed by atoms with E-state index in [1.165, 1.54) is 0 Å². The largest absolute Gasteiger partial charge is 0.481 e. The average Bonchev–Trinajstić information content (AvgIpc) is 2.77. The van der Waals surface area contributed by atoms with Crippen molar-refractivity contribution in [2.24, 2.45) is 0 Å². The molecule has 0 aliphatic heterocycles. The van der Waals surface area contributed by atoms with Gasteiger partial charge in [-0.25, -0.2) is 4.68 Å². The highest BCUT2D eigenvalue weighted by molar-refractivity contribution is 5.69. The summed E-state index contributed by atoms with van der Waals surface area (Å²) in [6.45, 7) is 0. The van der Waals surface area contributed by atoms with Crippen LogP contribution in [0.1, 0.15) is 37.4 Å². The van der Waals surface area contributed by atoms with Crippen LogP contribution < -0.4 is 0 Å². The van der Waals surface area contributed by atoms with Crippen LogP contribution in [0.5, 0.6) is 0 Å². The Hall–Kier alpha value is -1.43. The molecule has 0 amide bonds. The topological polar surface area (TPSA) is 77.2 Å². The van der Waals surface area contributed by atoms with Gasteiger partial charge in [0.05, 0.1) is 24.3 Å². The molecule has 0 saturated heterocycles. The Morgan fingerprint density at radius 2 is 2.47 bits per heavy atom. The second-order valence-electron chi connectivity index (χ2n) is 4.44. The lowest BCUT2D eigenvalue weighted by molar-refractivity contribution is -0.136. The highest BCUT2D eigenvalue weighted by Crippen LogP contribution is 2.29. The maximum Gasteiger partial charge on any atom is 0.309 e. The quantitative estimate of drug-likeness (QED) is 0.849. The molecule has 0 bridgehead atoms. The predicted octanol–water partition coefficient (Wildman–Crippen LogP) is 1.04. The molecule has 2 unspecified atom stereocenters. The van der Waals surface area contributed by atoms with E-state index >= 15 is 0 Å². The molecule has 1 aliphatic rings. The SMILES string of the molecule is COC1CCCC(n2cc(CC(=O)O)nn2)C1. The Balaban J connectivity index is 2.01. The highest BCUT2D eigenvalue weighted by Gasteiger charge is 2.24. The molecule has 6 nitrogen and oxygen atoms in total. The molecular weight excluding hydrogens is 222 g/mol. The number of hydrogen-bond donors (Lipinski definition) is 1. The van der Waals surface area contributed by atoms with Crippen molar-refractivity contribution in [3.05, 3.63) is 11.9 Å². The van der Waals surface area contributed by atoms with E-state index in [9.17, 15) is 4.79 Å². The van der Waals surface area contributed by atoms with E-state index in [0.29, 0.717) is 5.69 Å². The van der Waals surface area contributed by atoms with Crippen molar-refractivity contribution in [2.45, 2.75) is 44.2 Å². The third-order valence-electron chi connectivity index (χ3n) is 3.20. The van der Waals surface area contributed by atoms with Gasteiger partial charge in [0.2, 0.25) is 0 Å². The molecule has 6 heteroatoms. The van der Waals surface area contributed by atoms with Gasteiger partial charge in [-0.2, -0.15) is 0 Å². The van der Waals surface area contributed by atoms with Crippen LogP contribution in [-0.4, -0.2) is 39.3 Å². The normalized spacial score (nSPS) is 24.8. The third-order valence-corrected chi connectivity index (χ3v) is 3.20. The predicted molar refractivity (Wildman–Crippen MR) is 59.7 cm³/mol. The first-order chi connectivity index (χ1) is 8.19. The monoisotopic (exact) mass is 239 g/mol. The number of hydrogen-bond acceptors (Lipinski definition) is 4. The van der Waals surface area contributed by atoms with Crippen LogP contribution in [0.4, 0.5) is 0 Å². The molecule has 17 heavy (non-hydrogen) atoms. The first kappa shape index (κ1) is 12.0. The number of methoxy groups -OCH3 is 1. The fourth-order valence-corrected chi connectivity index (χ4v) is 2.30. The molecule has 1 heterocycles. The van der Waals surface area contributed by atoms with Gasteiger partial charge in [-0.1, -0.05) is 5.21 Å². The lowest BCUT2D eigenvalue weighted by Gasteiger charge is -2.27. The number of carbonyl (C=O) groups is 1. The van der Waals surface area contributed by atoms with Crippen molar-refractivity contribution in [1.82, 2.24) is 15.0 Å². The zero-order valence-electron chi connectivity index (χ0n) is 9.87. The summed E-state index contributed by atoms with van der Waals surface area (Å²) in [6.07, 6.45) is 6.11. The van der Waals surface area contributed by atoms with Crippen molar-refractivity contribution < 1.29 is 14.6 Å². The smallest absolute Gasteiger partial charge is 0.309 e. The lowest BCUT2D eigenvalue weighted by Crippen LogP contribution is -2.24. The summed E-state index contributed by atoms with van der Waals surface area (Å²) in [5.41, 5.74) is 0.511. The summed E-state index contributed by atoms with van der Waals surface area (Å²) >= 11 is 0. The Bertz CT molecular complexity index is 391. The van der Waals surface area contributed by atoms with Gasteiger partial charge in [-0.3, -0.25) is 4.79 Å². The maximum absolute atomic E-state index is 10.6. The summed E-state index contributed by atoms with van der Waals surface area (Å²) < 4.78 is 7.14. The van der Waals surface area contributed by atoms with Gasteiger partial charge in [0.25, 0.3) is 0 Å². The minimum atomic E-state index is -0.879. The van der Waals surface area contributed by atoms with Crippen LogP contribution in [0.15, 0.2) is 6.20 Å². The van der Waals surface area contributed by atoms with Gasteiger partial charge >= 0.3 is 5.97 Å². The molecule has 94 valence electrons. The van der Waals surface area contributed by atoms with Crippen LogP contribution in [0, 0.1) is 0 Å². The van der Waals surface area contributed by atoms with E-state index in [0.717, 1.165) is 25.7 Å². The molecule has 1 aliphatic carbocycles. The van der Waals surface area contributed by atoms with E-state index in [1.54, 1.807) is 18.0 Å². The number of aromatic nitrogens is 3. The standard InChI is InChI=1S/C11H17N3O3/c1-17-10-4-2-3-9(6-10)14-7-8(12-13-14)5-11(15)16/h7,9-10H,2-6H2,1H3,(H,15,16). The molecule has 0 spiro atoms.